The molecule has 2 N–H and O–H groups in total. The fourth-order valence-electron chi connectivity index (χ4n) is 4.85. The van der Waals surface area contributed by atoms with Crippen LogP contribution in [0.15, 0.2) is 30.3 Å². The molecule has 8 nitrogen and oxygen atoms in total. The fourth-order valence-corrected chi connectivity index (χ4v) is 4.85. The number of amidine groups is 1. The molecule has 1 saturated carbocycles. The Morgan fingerprint density at radius 3 is 2.66 bits per heavy atom. The second-order valence-corrected chi connectivity index (χ2v) is 9.72. The predicted octanol–water partition coefficient (Wildman–Crippen LogP) is 4.22. The number of nitrogens with one attached hydrogen (secondary N) is 1. The molecule has 1 saturated heterocycles. The van der Waals surface area contributed by atoms with Gasteiger partial charge in [-0.05, 0) is 62.8 Å². The molecule has 8 heteroatoms. The third-order valence-corrected chi connectivity index (χ3v) is 7.00. The van der Waals surface area contributed by atoms with Gasteiger partial charge in [-0.15, -0.1) is 0 Å². The Kier molecular flexibility index (Phi) is 6.70. The summed E-state index contributed by atoms with van der Waals surface area (Å²) in [4.78, 5) is 32.7. The van der Waals surface area contributed by atoms with E-state index in [-0.39, 0.29) is 18.7 Å². The normalized spacial score (nSPS) is 17.1. The molecule has 0 spiro atoms. The summed E-state index contributed by atoms with van der Waals surface area (Å²) in [5.41, 5.74) is 4.32. The van der Waals surface area contributed by atoms with Gasteiger partial charge in [0.2, 0.25) is 0 Å². The predicted molar refractivity (Wildman–Crippen MR) is 133 cm³/mol. The van der Waals surface area contributed by atoms with E-state index in [4.69, 9.17) is 20.2 Å². The standard InChI is InChI=1S/C27H32N4O4/c28-27-26-20(8-10-21(29-26)18-6-7-18)16-31(27)17-23(32)19-9-11-24(35-14-4-1-5-25(33)34)22(15-19)30-12-2-3-13-30/h8-11,15,18,28H,1-7,12-14,16-17H2,(H,33,34). The lowest BCUT2D eigenvalue weighted by atomic mass is 10.1. The van der Waals surface area contributed by atoms with Crippen molar-refractivity contribution in [3.8, 4) is 5.75 Å². The van der Waals surface area contributed by atoms with Gasteiger partial charge in [0.05, 0.1) is 18.8 Å². The van der Waals surface area contributed by atoms with E-state index in [2.05, 4.69) is 17.0 Å². The van der Waals surface area contributed by atoms with Gasteiger partial charge in [0.15, 0.2) is 5.78 Å². The summed E-state index contributed by atoms with van der Waals surface area (Å²) in [6.07, 6.45) is 5.94. The van der Waals surface area contributed by atoms with E-state index in [0.29, 0.717) is 49.0 Å². The van der Waals surface area contributed by atoms with Crippen molar-refractivity contribution < 1.29 is 19.4 Å². The summed E-state index contributed by atoms with van der Waals surface area (Å²) in [7, 11) is 0. The summed E-state index contributed by atoms with van der Waals surface area (Å²) in [5.74, 6) is 0.775. The van der Waals surface area contributed by atoms with E-state index < -0.39 is 5.97 Å². The van der Waals surface area contributed by atoms with E-state index in [1.54, 1.807) is 11.0 Å². The molecule has 2 aliphatic heterocycles. The van der Waals surface area contributed by atoms with Crippen LogP contribution in [-0.2, 0) is 11.3 Å². The number of hydrogen-bond acceptors (Lipinski definition) is 6. The highest BCUT2D eigenvalue weighted by Crippen LogP contribution is 2.40. The monoisotopic (exact) mass is 476 g/mol. The Bertz CT molecular complexity index is 1140. The molecule has 5 rings (SSSR count). The highest BCUT2D eigenvalue weighted by Gasteiger charge is 2.31. The van der Waals surface area contributed by atoms with Gasteiger partial charge in [0.1, 0.15) is 17.3 Å². The zero-order valence-electron chi connectivity index (χ0n) is 20.0. The SMILES string of the molecule is N=C1c2nc(C3CC3)ccc2CN1CC(=O)c1ccc(OCCCCC(=O)O)c(N2CCCC2)c1. The first-order chi connectivity index (χ1) is 17.0. The minimum atomic E-state index is -0.793. The van der Waals surface area contributed by atoms with Gasteiger partial charge in [0, 0.05) is 48.8 Å². The smallest absolute Gasteiger partial charge is 0.303 e. The minimum Gasteiger partial charge on any atom is -0.491 e. The lowest BCUT2D eigenvalue weighted by molar-refractivity contribution is -0.137. The van der Waals surface area contributed by atoms with Crippen molar-refractivity contribution in [2.24, 2.45) is 0 Å². The molecular formula is C27H32N4O4. The largest absolute Gasteiger partial charge is 0.491 e. The molecule has 0 bridgehead atoms. The molecule has 0 amide bonds. The maximum atomic E-state index is 13.3. The molecule has 0 radical (unpaired) electrons. The van der Waals surface area contributed by atoms with E-state index in [0.717, 1.165) is 48.6 Å². The number of anilines is 1. The number of ketones is 1. The van der Waals surface area contributed by atoms with Crippen LogP contribution in [-0.4, -0.2) is 58.8 Å². The molecule has 0 unspecified atom stereocenters. The zero-order chi connectivity index (χ0) is 24.4. The number of pyridine rings is 1. The van der Waals surface area contributed by atoms with Crippen molar-refractivity contribution in [2.45, 2.75) is 57.4 Å². The third-order valence-electron chi connectivity index (χ3n) is 7.00. The van der Waals surface area contributed by atoms with Crippen LogP contribution >= 0.6 is 0 Å². The Morgan fingerprint density at radius 2 is 1.91 bits per heavy atom. The molecule has 2 aromatic rings. The van der Waals surface area contributed by atoms with Crippen molar-refractivity contribution in [2.75, 3.05) is 31.1 Å². The number of carbonyl (C=O) groups excluding carboxylic acids is 1. The van der Waals surface area contributed by atoms with E-state index in [1.807, 2.05) is 12.1 Å². The number of ether oxygens (including phenoxy) is 1. The maximum Gasteiger partial charge on any atom is 0.303 e. The summed E-state index contributed by atoms with van der Waals surface area (Å²) in [6.45, 7) is 2.97. The van der Waals surface area contributed by atoms with Gasteiger partial charge in [-0.1, -0.05) is 6.07 Å². The average molecular weight is 477 g/mol. The second-order valence-electron chi connectivity index (χ2n) is 9.72. The molecular weight excluding hydrogens is 444 g/mol. The first-order valence-electron chi connectivity index (χ1n) is 12.6. The summed E-state index contributed by atoms with van der Waals surface area (Å²) in [5, 5.41) is 17.4. The maximum absolute atomic E-state index is 13.3. The molecule has 1 aromatic carbocycles. The lowest BCUT2D eigenvalue weighted by Gasteiger charge is -2.23. The molecule has 1 aromatic heterocycles. The average Bonchev–Trinajstić information content (AvgIpc) is 3.47. The fraction of sp³-hybridized carbons (Fsp3) is 0.481. The number of hydrogen-bond donors (Lipinski definition) is 2. The van der Waals surface area contributed by atoms with Crippen LogP contribution in [0.25, 0.3) is 0 Å². The lowest BCUT2D eigenvalue weighted by Crippen LogP contribution is -2.30. The minimum absolute atomic E-state index is 0.0292. The van der Waals surface area contributed by atoms with Gasteiger partial charge in [-0.2, -0.15) is 0 Å². The first kappa shape index (κ1) is 23.3. The van der Waals surface area contributed by atoms with Crippen LogP contribution in [0.3, 0.4) is 0 Å². The van der Waals surface area contributed by atoms with Crippen molar-refractivity contribution >= 4 is 23.3 Å². The zero-order valence-corrected chi connectivity index (χ0v) is 20.0. The topological polar surface area (TPSA) is 107 Å². The van der Waals surface area contributed by atoms with Gasteiger partial charge < -0.3 is 19.6 Å². The molecule has 3 aliphatic rings. The van der Waals surface area contributed by atoms with Gasteiger partial charge in [0.25, 0.3) is 0 Å². The molecule has 2 fully saturated rings. The second kappa shape index (κ2) is 10.1. The number of carboxylic acids is 1. The van der Waals surface area contributed by atoms with Crippen molar-refractivity contribution in [1.82, 2.24) is 9.88 Å². The number of Topliss-reactive ketones (excluding diaryl/α,β-unsaturated/α-hetero) is 1. The number of nitrogens with zero attached hydrogens (tertiary/aromatic N) is 3. The van der Waals surface area contributed by atoms with Gasteiger partial charge in [-0.25, -0.2) is 4.98 Å². The number of rotatable bonds is 11. The van der Waals surface area contributed by atoms with E-state index in [9.17, 15) is 9.59 Å². The molecule has 35 heavy (non-hydrogen) atoms. The number of aromatic nitrogens is 1. The summed E-state index contributed by atoms with van der Waals surface area (Å²) >= 11 is 0. The highest BCUT2D eigenvalue weighted by molar-refractivity contribution is 6.04. The number of fused-ring (bicyclic) bond motifs is 1. The first-order valence-corrected chi connectivity index (χ1v) is 12.6. The summed E-state index contributed by atoms with van der Waals surface area (Å²) < 4.78 is 6.00. The van der Waals surface area contributed by atoms with Crippen LogP contribution in [0, 0.1) is 5.41 Å². The Labute approximate surface area is 205 Å². The number of carbonyl (C=O) groups is 2. The van der Waals surface area contributed by atoms with E-state index >= 15 is 0 Å². The number of aliphatic carboxylic acids is 1. The van der Waals surface area contributed by atoms with Crippen LogP contribution in [0.4, 0.5) is 5.69 Å². The summed E-state index contributed by atoms with van der Waals surface area (Å²) in [6, 6.07) is 9.69. The van der Waals surface area contributed by atoms with Crippen molar-refractivity contribution in [3.63, 3.8) is 0 Å². The number of benzene rings is 1. The quantitative estimate of drug-likeness (QED) is 0.369. The number of unbranched alkanes of at least 4 members (excludes halogenated alkanes) is 1. The van der Waals surface area contributed by atoms with Gasteiger partial charge in [-0.3, -0.25) is 15.0 Å². The van der Waals surface area contributed by atoms with Crippen LogP contribution in [0.2, 0.25) is 0 Å². The van der Waals surface area contributed by atoms with Gasteiger partial charge >= 0.3 is 5.97 Å². The van der Waals surface area contributed by atoms with Crippen LogP contribution in [0.5, 0.6) is 5.75 Å². The Hall–Kier alpha value is -3.42. The number of carboxylic acid groups (broad SMARTS) is 1. The molecule has 3 heterocycles. The van der Waals surface area contributed by atoms with Crippen molar-refractivity contribution in [1.29, 1.82) is 5.41 Å². The highest BCUT2D eigenvalue weighted by atomic mass is 16.5. The Morgan fingerprint density at radius 1 is 1.11 bits per heavy atom. The molecule has 1 aliphatic carbocycles. The van der Waals surface area contributed by atoms with Crippen molar-refractivity contribution in [3.05, 3.63) is 52.8 Å². The van der Waals surface area contributed by atoms with Crippen LogP contribution < -0.4 is 9.64 Å². The molecule has 0 atom stereocenters. The van der Waals surface area contributed by atoms with Crippen LogP contribution in [0.1, 0.15) is 78.2 Å². The Balaban J connectivity index is 1.26. The third kappa shape index (κ3) is 5.31. The molecule has 184 valence electrons. The van der Waals surface area contributed by atoms with E-state index in [1.165, 1.54) is 12.8 Å².